The number of aryl methyl sites for hydroxylation is 1. The van der Waals surface area contributed by atoms with E-state index in [2.05, 4.69) is 4.98 Å². The molecule has 0 unspecified atom stereocenters. The number of para-hydroxylation sites is 1. The Bertz CT molecular complexity index is 566. The molecule has 0 aliphatic carbocycles. The molecule has 0 saturated heterocycles. The number of aromatic carboxylic acids is 1. The average molecular weight is 243 g/mol. The van der Waals surface area contributed by atoms with Gasteiger partial charge in [0.05, 0.1) is 5.69 Å². The van der Waals surface area contributed by atoms with Gasteiger partial charge >= 0.3 is 5.97 Å². The van der Waals surface area contributed by atoms with Crippen molar-refractivity contribution in [2.24, 2.45) is 0 Å². The van der Waals surface area contributed by atoms with Crippen molar-refractivity contribution in [3.8, 4) is 5.75 Å². The number of pyridine rings is 1. The molecule has 2 rings (SSSR count). The zero-order chi connectivity index (χ0) is 13.0. The molecule has 92 valence electrons. The fourth-order valence-corrected chi connectivity index (χ4v) is 1.58. The number of rotatable bonds is 4. The van der Waals surface area contributed by atoms with Gasteiger partial charge in [-0.1, -0.05) is 18.2 Å². The smallest absolute Gasteiger partial charge is 0.339 e. The molecule has 0 aliphatic heterocycles. The molecule has 0 amide bonds. The maximum atomic E-state index is 11.0. The van der Waals surface area contributed by atoms with Crippen LogP contribution in [0.25, 0.3) is 0 Å². The van der Waals surface area contributed by atoms with E-state index in [0.29, 0.717) is 5.75 Å². The first-order chi connectivity index (χ1) is 8.68. The largest absolute Gasteiger partial charge is 0.486 e. The Morgan fingerprint density at radius 1 is 1.28 bits per heavy atom. The molecule has 0 spiro atoms. The molecule has 4 nitrogen and oxygen atoms in total. The molecule has 1 N–H and O–H groups in total. The molecule has 0 atom stereocenters. The summed E-state index contributed by atoms with van der Waals surface area (Å²) in [6, 6.07) is 10.4. The highest BCUT2D eigenvalue weighted by Crippen LogP contribution is 2.19. The van der Waals surface area contributed by atoms with E-state index in [4.69, 9.17) is 9.84 Å². The van der Waals surface area contributed by atoms with Crippen molar-refractivity contribution in [1.82, 2.24) is 4.98 Å². The summed E-state index contributed by atoms with van der Waals surface area (Å²) in [6.07, 6.45) is 1.69. The second-order valence-electron chi connectivity index (χ2n) is 3.86. The van der Waals surface area contributed by atoms with Crippen molar-refractivity contribution >= 4 is 5.97 Å². The minimum atomic E-state index is -0.997. The van der Waals surface area contributed by atoms with Crippen molar-refractivity contribution in [3.63, 3.8) is 0 Å². The zero-order valence-corrected chi connectivity index (χ0v) is 9.96. The Morgan fingerprint density at radius 2 is 2.06 bits per heavy atom. The summed E-state index contributed by atoms with van der Waals surface area (Å²) in [5.41, 5.74) is 1.98. The summed E-state index contributed by atoms with van der Waals surface area (Å²) in [7, 11) is 0. The number of hydrogen-bond donors (Lipinski definition) is 1. The second-order valence-corrected chi connectivity index (χ2v) is 3.86. The van der Waals surface area contributed by atoms with Gasteiger partial charge in [0.1, 0.15) is 17.9 Å². The number of carboxylic acid groups (broad SMARTS) is 1. The lowest BCUT2D eigenvalue weighted by atomic mass is 10.2. The van der Waals surface area contributed by atoms with Crippen molar-refractivity contribution in [2.75, 3.05) is 0 Å². The van der Waals surface area contributed by atoms with Gasteiger partial charge < -0.3 is 9.84 Å². The molecule has 0 radical (unpaired) electrons. The minimum Gasteiger partial charge on any atom is -0.486 e. The number of carbonyl (C=O) groups is 1. The average Bonchev–Trinajstić information content (AvgIpc) is 2.38. The number of aromatic nitrogens is 1. The quantitative estimate of drug-likeness (QED) is 0.896. The third kappa shape index (κ3) is 2.66. The number of carboxylic acids is 1. The Morgan fingerprint density at radius 3 is 2.78 bits per heavy atom. The predicted octanol–water partition coefficient (Wildman–Crippen LogP) is 2.67. The third-order valence-electron chi connectivity index (χ3n) is 2.60. The topological polar surface area (TPSA) is 59.4 Å². The van der Waals surface area contributed by atoms with Crippen LogP contribution in [-0.4, -0.2) is 16.1 Å². The van der Waals surface area contributed by atoms with Gasteiger partial charge in [0, 0.05) is 6.20 Å². The Labute approximate surface area is 105 Å². The van der Waals surface area contributed by atoms with Gasteiger partial charge in [-0.05, 0) is 30.7 Å². The van der Waals surface area contributed by atoms with Gasteiger partial charge in [-0.3, -0.25) is 4.98 Å². The first-order valence-corrected chi connectivity index (χ1v) is 5.54. The summed E-state index contributed by atoms with van der Waals surface area (Å²) < 4.78 is 5.52. The lowest BCUT2D eigenvalue weighted by Gasteiger charge is -2.09. The van der Waals surface area contributed by atoms with Crippen molar-refractivity contribution < 1.29 is 14.6 Å². The van der Waals surface area contributed by atoms with E-state index < -0.39 is 5.97 Å². The first-order valence-electron chi connectivity index (χ1n) is 5.54. The van der Waals surface area contributed by atoms with Gasteiger partial charge in [-0.2, -0.15) is 0 Å². The van der Waals surface area contributed by atoms with Crippen LogP contribution in [0.15, 0.2) is 42.6 Å². The van der Waals surface area contributed by atoms with Crippen LogP contribution in [0, 0.1) is 6.92 Å². The molecule has 1 heterocycles. The minimum absolute atomic E-state index is 0.158. The molecule has 0 aliphatic rings. The molecule has 1 aromatic heterocycles. The Kier molecular flexibility index (Phi) is 3.57. The normalized spacial score (nSPS) is 10.1. The van der Waals surface area contributed by atoms with Crippen LogP contribution in [0.2, 0.25) is 0 Å². The van der Waals surface area contributed by atoms with Gasteiger partial charge in [0.2, 0.25) is 0 Å². The van der Waals surface area contributed by atoms with Gasteiger partial charge in [-0.15, -0.1) is 0 Å². The number of benzene rings is 1. The summed E-state index contributed by atoms with van der Waals surface area (Å²) in [4.78, 5) is 15.2. The van der Waals surface area contributed by atoms with E-state index in [1.165, 1.54) is 6.07 Å². The van der Waals surface area contributed by atoms with Crippen LogP contribution in [0.4, 0.5) is 0 Å². The van der Waals surface area contributed by atoms with Crippen LogP contribution in [0.1, 0.15) is 21.6 Å². The lowest BCUT2D eigenvalue weighted by Crippen LogP contribution is -2.05. The molecule has 0 fully saturated rings. The fraction of sp³-hybridized carbons (Fsp3) is 0.143. The summed E-state index contributed by atoms with van der Waals surface area (Å²) in [6.45, 7) is 2.20. The van der Waals surface area contributed by atoms with E-state index in [0.717, 1.165) is 11.3 Å². The molecule has 4 heteroatoms. The van der Waals surface area contributed by atoms with Crippen LogP contribution < -0.4 is 4.74 Å². The molecule has 0 saturated carbocycles. The van der Waals surface area contributed by atoms with Gasteiger partial charge in [-0.25, -0.2) is 4.79 Å². The van der Waals surface area contributed by atoms with E-state index in [-0.39, 0.29) is 12.2 Å². The van der Waals surface area contributed by atoms with Crippen LogP contribution >= 0.6 is 0 Å². The van der Waals surface area contributed by atoms with E-state index in [1.807, 2.05) is 19.1 Å². The predicted molar refractivity (Wildman–Crippen MR) is 66.7 cm³/mol. The van der Waals surface area contributed by atoms with Crippen LogP contribution in [0.5, 0.6) is 5.75 Å². The standard InChI is InChI=1S/C14H13NO3/c1-10-5-4-8-15-12(10)9-18-13-7-3-2-6-11(13)14(16)17/h2-8H,9H2,1H3,(H,16,17). The highest BCUT2D eigenvalue weighted by atomic mass is 16.5. The Hall–Kier alpha value is -2.36. The molecule has 18 heavy (non-hydrogen) atoms. The van der Waals surface area contributed by atoms with Gasteiger partial charge in [0.15, 0.2) is 0 Å². The summed E-state index contributed by atoms with van der Waals surface area (Å²) in [5, 5.41) is 9.02. The van der Waals surface area contributed by atoms with Crippen molar-refractivity contribution in [2.45, 2.75) is 13.5 Å². The number of nitrogens with zero attached hydrogens (tertiary/aromatic N) is 1. The maximum Gasteiger partial charge on any atom is 0.339 e. The maximum absolute atomic E-state index is 11.0. The third-order valence-corrected chi connectivity index (χ3v) is 2.60. The number of hydrogen-bond acceptors (Lipinski definition) is 3. The first kappa shape index (κ1) is 12.1. The fourth-order valence-electron chi connectivity index (χ4n) is 1.58. The van der Waals surface area contributed by atoms with Crippen LogP contribution in [-0.2, 0) is 6.61 Å². The van der Waals surface area contributed by atoms with Crippen molar-refractivity contribution in [1.29, 1.82) is 0 Å². The van der Waals surface area contributed by atoms with Gasteiger partial charge in [0.25, 0.3) is 0 Å². The second kappa shape index (κ2) is 5.31. The molecule has 2 aromatic rings. The SMILES string of the molecule is Cc1cccnc1COc1ccccc1C(=O)O. The number of ether oxygens (including phenoxy) is 1. The molecule has 1 aromatic carbocycles. The van der Waals surface area contributed by atoms with E-state index in [1.54, 1.807) is 24.4 Å². The van der Waals surface area contributed by atoms with Crippen LogP contribution in [0.3, 0.4) is 0 Å². The van der Waals surface area contributed by atoms with Crippen molar-refractivity contribution in [3.05, 3.63) is 59.4 Å². The Balaban J connectivity index is 2.16. The molecule has 0 bridgehead atoms. The zero-order valence-electron chi connectivity index (χ0n) is 9.96. The van der Waals surface area contributed by atoms with E-state index >= 15 is 0 Å². The molecular formula is C14H13NO3. The summed E-state index contributed by atoms with van der Waals surface area (Å²) in [5.74, 6) is -0.640. The molecular weight excluding hydrogens is 230 g/mol. The highest BCUT2D eigenvalue weighted by molar-refractivity contribution is 5.90. The summed E-state index contributed by atoms with van der Waals surface area (Å²) >= 11 is 0. The highest BCUT2D eigenvalue weighted by Gasteiger charge is 2.10. The van der Waals surface area contributed by atoms with E-state index in [9.17, 15) is 4.79 Å². The monoisotopic (exact) mass is 243 g/mol. The lowest BCUT2D eigenvalue weighted by molar-refractivity contribution is 0.0691.